The molecule has 28 heavy (non-hydrogen) atoms. The van der Waals surface area contributed by atoms with Crippen LogP contribution in [-0.4, -0.2) is 25.5 Å². The molecule has 148 valence electrons. The van der Waals surface area contributed by atoms with E-state index in [1.165, 1.54) is 7.05 Å². The highest BCUT2D eigenvalue weighted by molar-refractivity contribution is 6.35. The largest absolute Gasteiger partial charge is 0.435 e. The number of carbonyl (C=O) groups excluding carboxylic acids is 1. The van der Waals surface area contributed by atoms with Crippen LogP contribution in [0.4, 0.5) is 19.0 Å². The summed E-state index contributed by atoms with van der Waals surface area (Å²) in [5.41, 5.74) is 0.124. The van der Waals surface area contributed by atoms with Crippen molar-refractivity contribution in [3.8, 4) is 0 Å². The average Bonchev–Trinajstić information content (AvgIpc) is 3.13. The Balaban J connectivity index is 1.78. The number of alkyl halides is 3. The van der Waals surface area contributed by atoms with Crippen molar-refractivity contribution in [1.82, 2.24) is 19.6 Å². The molecule has 6 nitrogen and oxygen atoms in total. The average molecular weight is 432 g/mol. The highest BCUT2D eigenvalue weighted by Gasteiger charge is 2.35. The van der Waals surface area contributed by atoms with Gasteiger partial charge in [-0.2, -0.15) is 23.4 Å². The van der Waals surface area contributed by atoms with Crippen LogP contribution in [0, 0.1) is 6.92 Å². The molecule has 1 amide bonds. The van der Waals surface area contributed by atoms with Crippen molar-refractivity contribution < 1.29 is 18.0 Å². The second-order valence-corrected chi connectivity index (χ2v) is 6.90. The van der Waals surface area contributed by atoms with Crippen LogP contribution in [0.25, 0.3) is 0 Å². The van der Waals surface area contributed by atoms with Crippen molar-refractivity contribution in [2.75, 3.05) is 5.32 Å². The molecule has 0 saturated carbocycles. The number of nitrogens with zero attached hydrogens (tertiary/aromatic N) is 4. The summed E-state index contributed by atoms with van der Waals surface area (Å²) >= 11 is 12.0. The van der Waals surface area contributed by atoms with E-state index >= 15 is 0 Å². The molecule has 0 aliphatic rings. The van der Waals surface area contributed by atoms with E-state index in [0.717, 1.165) is 15.9 Å². The number of amides is 1. The summed E-state index contributed by atoms with van der Waals surface area (Å²) in [6.07, 6.45) is -4.63. The Hall–Kier alpha value is -2.52. The van der Waals surface area contributed by atoms with Gasteiger partial charge < -0.3 is 5.32 Å². The number of benzene rings is 1. The molecule has 0 radical (unpaired) electrons. The van der Waals surface area contributed by atoms with E-state index < -0.39 is 17.8 Å². The molecule has 0 saturated heterocycles. The van der Waals surface area contributed by atoms with E-state index in [2.05, 4.69) is 15.5 Å². The van der Waals surface area contributed by atoms with Gasteiger partial charge in [0.15, 0.2) is 11.5 Å². The van der Waals surface area contributed by atoms with Gasteiger partial charge in [0, 0.05) is 34.9 Å². The summed E-state index contributed by atoms with van der Waals surface area (Å²) in [5, 5.41) is 11.0. The molecule has 0 aliphatic heterocycles. The van der Waals surface area contributed by atoms with Crippen LogP contribution in [0.15, 0.2) is 30.3 Å². The van der Waals surface area contributed by atoms with Gasteiger partial charge in [-0.25, -0.2) is 0 Å². The molecule has 0 spiro atoms. The van der Waals surface area contributed by atoms with Gasteiger partial charge in [0.05, 0.1) is 6.54 Å². The first kappa shape index (κ1) is 20.2. The van der Waals surface area contributed by atoms with Crippen molar-refractivity contribution in [3.63, 3.8) is 0 Å². The van der Waals surface area contributed by atoms with Gasteiger partial charge in [0.1, 0.15) is 5.69 Å². The van der Waals surface area contributed by atoms with Crippen molar-refractivity contribution >= 4 is 34.9 Å². The lowest BCUT2D eigenvalue weighted by Crippen LogP contribution is -2.16. The number of nitrogens with one attached hydrogen (secondary N) is 1. The fourth-order valence-electron chi connectivity index (χ4n) is 2.54. The molecule has 0 aliphatic carbocycles. The minimum absolute atomic E-state index is 0.197. The number of aryl methyl sites for hydroxylation is 2. The monoisotopic (exact) mass is 431 g/mol. The number of hydrogen-bond donors (Lipinski definition) is 1. The van der Waals surface area contributed by atoms with Crippen molar-refractivity contribution in [1.29, 1.82) is 0 Å². The lowest BCUT2D eigenvalue weighted by molar-refractivity contribution is -0.141. The van der Waals surface area contributed by atoms with Crippen LogP contribution >= 0.6 is 23.2 Å². The summed E-state index contributed by atoms with van der Waals surface area (Å²) in [4.78, 5) is 12.3. The van der Waals surface area contributed by atoms with Gasteiger partial charge in [0.2, 0.25) is 0 Å². The van der Waals surface area contributed by atoms with Crippen LogP contribution in [0.5, 0.6) is 0 Å². The molecule has 2 aromatic heterocycles. The molecule has 0 atom stereocenters. The van der Waals surface area contributed by atoms with Crippen LogP contribution in [0.1, 0.15) is 27.4 Å². The number of rotatable bonds is 4. The van der Waals surface area contributed by atoms with Gasteiger partial charge >= 0.3 is 6.18 Å². The van der Waals surface area contributed by atoms with E-state index in [4.69, 9.17) is 23.2 Å². The third-order valence-corrected chi connectivity index (χ3v) is 4.55. The molecule has 0 unspecified atom stereocenters. The summed E-state index contributed by atoms with van der Waals surface area (Å²) in [6.45, 7) is 2.11. The fraction of sp³-hybridized carbons (Fsp3) is 0.235. The third-order valence-electron chi connectivity index (χ3n) is 3.96. The van der Waals surface area contributed by atoms with Crippen molar-refractivity contribution in [2.24, 2.45) is 7.05 Å². The number of halogens is 5. The van der Waals surface area contributed by atoms with Gasteiger partial charge in [0.25, 0.3) is 5.91 Å². The third kappa shape index (κ3) is 4.31. The maximum atomic E-state index is 12.8. The minimum atomic E-state index is -4.63. The quantitative estimate of drug-likeness (QED) is 0.658. The maximum absolute atomic E-state index is 12.8. The SMILES string of the molecule is Cc1cc(NC(=O)c2cc(C(F)(F)F)nn2C)nn1Cc1ccc(Cl)cc1Cl. The van der Waals surface area contributed by atoms with E-state index in [1.807, 2.05) is 0 Å². The Morgan fingerprint density at radius 1 is 1.18 bits per heavy atom. The molecule has 1 N–H and O–H groups in total. The maximum Gasteiger partial charge on any atom is 0.435 e. The molecule has 1 aromatic carbocycles. The van der Waals surface area contributed by atoms with Crippen molar-refractivity contribution in [2.45, 2.75) is 19.6 Å². The minimum Gasteiger partial charge on any atom is -0.304 e. The van der Waals surface area contributed by atoms with E-state index in [0.29, 0.717) is 22.7 Å². The summed E-state index contributed by atoms with van der Waals surface area (Å²) in [7, 11) is 1.26. The predicted molar refractivity (Wildman–Crippen MR) is 98.7 cm³/mol. The van der Waals surface area contributed by atoms with Gasteiger partial charge in [-0.05, 0) is 24.6 Å². The van der Waals surface area contributed by atoms with E-state index in [-0.39, 0.29) is 11.5 Å². The number of aromatic nitrogens is 4. The summed E-state index contributed by atoms with van der Waals surface area (Å²) < 4.78 is 40.7. The zero-order valence-electron chi connectivity index (χ0n) is 14.7. The molecule has 2 heterocycles. The highest BCUT2D eigenvalue weighted by Crippen LogP contribution is 2.28. The lowest BCUT2D eigenvalue weighted by atomic mass is 10.2. The first-order valence-electron chi connectivity index (χ1n) is 7.95. The summed E-state index contributed by atoms with van der Waals surface area (Å²) in [5.74, 6) is -0.554. The van der Waals surface area contributed by atoms with Gasteiger partial charge in [-0.1, -0.05) is 29.3 Å². The van der Waals surface area contributed by atoms with Crippen molar-refractivity contribution in [3.05, 3.63) is 63.0 Å². The Kier molecular flexibility index (Phi) is 5.40. The topological polar surface area (TPSA) is 64.7 Å². The van der Waals surface area contributed by atoms with Crippen LogP contribution in [-0.2, 0) is 19.8 Å². The van der Waals surface area contributed by atoms with Crippen LogP contribution < -0.4 is 5.32 Å². The Labute approximate surface area is 167 Å². The molecular weight excluding hydrogens is 418 g/mol. The number of anilines is 1. The Morgan fingerprint density at radius 3 is 2.50 bits per heavy atom. The molecule has 0 fully saturated rings. The lowest BCUT2D eigenvalue weighted by Gasteiger charge is -2.07. The zero-order valence-corrected chi connectivity index (χ0v) is 16.2. The number of hydrogen-bond acceptors (Lipinski definition) is 3. The van der Waals surface area contributed by atoms with Gasteiger partial charge in [-0.3, -0.25) is 14.2 Å². The molecule has 0 bridgehead atoms. The zero-order chi connectivity index (χ0) is 20.6. The molecule has 3 rings (SSSR count). The van der Waals surface area contributed by atoms with Crippen LogP contribution in [0.2, 0.25) is 10.0 Å². The number of carbonyl (C=O) groups is 1. The fourth-order valence-corrected chi connectivity index (χ4v) is 3.01. The Bertz CT molecular complexity index is 1040. The highest BCUT2D eigenvalue weighted by atomic mass is 35.5. The van der Waals surface area contributed by atoms with Crippen LogP contribution in [0.3, 0.4) is 0 Å². The summed E-state index contributed by atoms with van der Waals surface area (Å²) in [6, 6.07) is 7.36. The molecule has 3 aromatic rings. The van der Waals surface area contributed by atoms with Gasteiger partial charge in [-0.15, -0.1) is 0 Å². The Morgan fingerprint density at radius 2 is 1.89 bits per heavy atom. The first-order valence-corrected chi connectivity index (χ1v) is 8.71. The second-order valence-electron chi connectivity index (χ2n) is 6.05. The molecular formula is C17H14Cl2F3N5O. The van der Waals surface area contributed by atoms with E-state index in [1.54, 1.807) is 35.9 Å². The standard InChI is InChI=1S/C17H14Cl2F3N5O/c1-9-5-15(25-27(9)8-10-3-4-11(18)6-12(10)19)23-16(28)13-7-14(17(20,21)22)24-26(13)2/h3-7H,8H2,1-2H3,(H,23,25,28). The first-order chi connectivity index (χ1) is 13.0. The molecule has 11 heteroatoms. The normalized spacial score (nSPS) is 11.7. The second kappa shape index (κ2) is 7.48. The van der Waals surface area contributed by atoms with E-state index in [9.17, 15) is 18.0 Å². The predicted octanol–water partition coefficient (Wildman–Crippen LogP) is 4.55. The smallest absolute Gasteiger partial charge is 0.304 e.